The molecule has 88 valence electrons. The Balaban J connectivity index is 2.28. The Hall–Kier alpha value is -0.900. The summed E-state index contributed by atoms with van der Waals surface area (Å²) in [6, 6.07) is 5.39. The molecule has 0 radical (unpaired) electrons. The van der Waals surface area contributed by atoms with Gasteiger partial charge in [0.1, 0.15) is 0 Å². The molecule has 2 nitrogen and oxygen atoms in total. The van der Waals surface area contributed by atoms with Crippen molar-refractivity contribution in [3.05, 3.63) is 49.9 Å². The van der Waals surface area contributed by atoms with Crippen LogP contribution in [0.5, 0.6) is 0 Å². The number of hydrogen-bond acceptors (Lipinski definition) is 3. The Morgan fingerprint density at radius 1 is 1.35 bits per heavy atom. The highest BCUT2D eigenvalue weighted by Crippen LogP contribution is 2.28. The van der Waals surface area contributed by atoms with Gasteiger partial charge in [0.15, 0.2) is 5.78 Å². The number of ketones is 1. The van der Waals surface area contributed by atoms with Crippen molar-refractivity contribution in [1.29, 1.82) is 0 Å². The minimum absolute atomic E-state index is 0.0269. The van der Waals surface area contributed by atoms with Gasteiger partial charge in [-0.05, 0) is 17.7 Å². The van der Waals surface area contributed by atoms with E-state index in [1.807, 2.05) is 0 Å². The molecule has 1 heterocycles. The summed E-state index contributed by atoms with van der Waals surface area (Å²) in [7, 11) is 0. The van der Waals surface area contributed by atoms with E-state index >= 15 is 0 Å². The van der Waals surface area contributed by atoms with E-state index in [1.54, 1.807) is 24.4 Å². The standard InChI is InChI=1S/C12H9Cl2NOS/c1-7(16)11-6-15-12(17-11)5-8-9(13)3-2-4-10(8)14/h2-4,6H,5H2,1H3. The van der Waals surface area contributed by atoms with E-state index in [9.17, 15) is 4.79 Å². The van der Waals surface area contributed by atoms with Crippen molar-refractivity contribution in [3.63, 3.8) is 0 Å². The summed E-state index contributed by atoms with van der Waals surface area (Å²) in [6.45, 7) is 1.53. The van der Waals surface area contributed by atoms with Crippen LogP contribution < -0.4 is 0 Å². The number of aromatic nitrogens is 1. The summed E-state index contributed by atoms with van der Waals surface area (Å²) in [5.41, 5.74) is 0.847. The van der Waals surface area contributed by atoms with Crippen molar-refractivity contribution in [3.8, 4) is 0 Å². The molecule has 0 aliphatic carbocycles. The van der Waals surface area contributed by atoms with Crippen LogP contribution in [0, 0.1) is 0 Å². The maximum absolute atomic E-state index is 11.2. The van der Waals surface area contributed by atoms with Crippen molar-refractivity contribution in [1.82, 2.24) is 4.98 Å². The Labute approximate surface area is 113 Å². The Morgan fingerprint density at radius 3 is 2.53 bits per heavy atom. The zero-order valence-corrected chi connectivity index (χ0v) is 11.4. The molecule has 0 aliphatic heterocycles. The van der Waals surface area contributed by atoms with Crippen LogP contribution in [0.25, 0.3) is 0 Å². The van der Waals surface area contributed by atoms with Crippen LogP contribution in [-0.4, -0.2) is 10.8 Å². The molecular formula is C12H9Cl2NOS. The Kier molecular flexibility index (Phi) is 3.82. The summed E-state index contributed by atoms with van der Waals surface area (Å²) in [6.07, 6.45) is 2.14. The number of benzene rings is 1. The van der Waals surface area contributed by atoms with Gasteiger partial charge in [-0.2, -0.15) is 0 Å². The summed E-state index contributed by atoms with van der Waals surface area (Å²) >= 11 is 13.5. The lowest BCUT2D eigenvalue weighted by Gasteiger charge is -2.03. The molecule has 0 saturated carbocycles. The van der Waals surface area contributed by atoms with E-state index in [4.69, 9.17) is 23.2 Å². The third kappa shape index (κ3) is 2.86. The van der Waals surface area contributed by atoms with Gasteiger partial charge in [-0.1, -0.05) is 29.3 Å². The predicted molar refractivity (Wildman–Crippen MR) is 71.4 cm³/mol. The highest BCUT2D eigenvalue weighted by Gasteiger charge is 2.11. The third-order valence-corrected chi connectivity index (χ3v) is 4.10. The van der Waals surface area contributed by atoms with Crippen molar-refractivity contribution in [2.45, 2.75) is 13.3 Å². The van der Waals surface area contributed by atoms with Gasteiger partial charge in [0.2, 0.25) is 0 Å². The Morgan fingerprint density at radius 2 is 2.00 bits per heavy atom. The maximum Gasteiger partial charge on any atom is 0.171 e. The molecule has 0 saturated heterocycles. The molecule has 0 bridgehead atoms. The number of thiazole rings is 1. The molecule has 0 N–H and O–H groups in total. The normalized spacial score (nSPS) is 10.5. The van der Waals surface area contributed by atoms with Gasteiger partial charge in [-0.3, -0.25) is 4.79 Å². The van der Waals surface area contributed by atoms with Crippen LogP contribution in [0.1, 0.15) is 27.2 Å². The van der Waals surface area contributed by atoms with Crippen LogP contribution in [0.15, 0.2) is 24.4 Å². The van der Waals surface area contributed by atoms with Gasteiger partial charge in [-0.25, -0.2) is 4.98 Å². The molecule has 2 rings (SSSR count). The number of nitrogens with zero attached hydrogens (tertiary/aromatic N) is 1. The molecule has 17 heavy (non-hydrogen) atoms. The highest BCUT2D eigenvalue weighted by molar-refractivity contribution is 7.13. The lowest BCUT2D eigenvalue weighted by molar-refractivity contribution is 0.102. The monoisotopic (exact) mass is 285 g/mol. The summed E-state index contributed by atoms with van der Waals surface area (Å²) < 4.78 is 0. The molecule has 0 unspecified atom stereocenters. The maximum atomic E-state index is 11.2. The van der Waals surface area contributed by atoms with Gasteiger partial charge in [0.05, 0.1) is 9.88 Å². The highest BCUT2D eigenvalue weighted by atomic mass is 35.5. The second kappa shape index (κ2) is 5.17. The smallest absolute Gasteiger partial charge is 0.171 e. The average Bonchev–Trinajstić information content (AvgIpc) is 2.72. The van der Waals surface area contributed by atoms with Crippen molar-refractivity contribution in [2.75, 3.05) is 0 Å². The summed E-state index contributed by atoms with van der Waals surface area (Å²) in [4.78, 5) is 16.0. The molecular weight excluding hydrogens is 277 g/mol. The fraction of sp³-hybridized carbons (Fsp3) is 0.167. The van der Waals surface area contributed by atoms with Crippen molar-refractivity contribution in [2.24, 2.45) is 0 Å². The van der Waals surface area contributed by atoms with E-state index in [1.165, 1.54) is 18.3 Å². The number of carbonyl (C=O) groups excluding carboxylic acids is 1. The first-order chi connectivity index (χ1) is 8.08. The van der Waals surface area contributed by atoms with Crippen LogP contribution in [0.3, 0.4) is 0 Å². The van der Waals surface area contributed by atoms with E-state index in [2.05, 4.69) is 4.98 Å². The number of halogens is 2. The largest absolute Gasteiger partial charge is 0.294 e. The van der Waals surface area contributed by atoms with Gasteiger partial charge in [-0.15, -0.1) is 11.3 Å². The molecule has 0 amide bonds. The van der Waals surface area contributed by atoms with Crippen LogP contribution in [0.4, 0.5) is 0 Å². The van der Waals surface area contributed by atoms with Gasteiger partial charge in [0, 0.05) is 29.6 Å². The van der Waals surface area contributed by atoms with Gasteiger partial charge < -0.3 is 0 Å². The zero-order valence-electron chi connectivity index (χ0n) is 9.04. The third-order valence-electron chi connectivity index (χ3n) is 2.29. The minimum atomic E-state index is 0.0269. The molecule has 0 spiro atoms. The molecule has 0 atom stereocenters. The SMILES string of the molecule is CC(=O)c1cnc(Cc2c(Cl)cccc2Cl)s1. The quantitative estimate of drug-likeness (QED) is 0.790. The van der Waals surface area contributed by atoms with Crippen molar-refractivity contribution < 1.29 is 4.79 Å². The van der Waals surface area contributed by atoms with Gasteiger partial charge >= 0.3 is 0 Å². The summed E-state index contributed by atoms with van der Waals surface area (Å²) in [5, 5.41) is 2.08. The summed E-state index contributed by atoms with van der Waals surface area (Å²) in [5.74, 6) is 0.0269. The van der Waals surface area contributed by atoms with Crippen LogP contribution >= 0.6 is 34.5 Å². The fourth-order valence-electron chi connectivity index (χ4n) is 1.41. The van der Waals surface area contributed by atoms with Gasteiger partial charge in [0.25, 0.3) is 0 Å². The molecule has 0 fully saturated rings. The molecule has 5 heteroatoms. The van der Waals surface area contributed by atoms with Crippen LogP contribution in [0.2, 0.25) is 10.0 Å². The molecule has 1 aromatic heterocycles. The predicted octanol–water partition coefficient (Wildman–Crippen LogP) is 4.24. The van der Waals surface area contributed by atoms with E-state index in [0.29, 0.717) is 21.3 Å². The number of carbonyl (C=O) groups is 1. The lowest BCUT2D eigenvalue weighted by Crippen LogP contribution is -1.89. The fourth-order valence-corrected chi connectivity index (χ4v) is 2.76. The zero-order chi connectivity index (χ0) is 12.4. The van der Waals surface area contributed by atoms with Crippen molar-refractivity contribution >= 4 is 40.3 Å². The number of hydrogen-bond donors (Lipinski definition) is 0. The molecule has 0 aliphatic rings. The topological polar surface area (TPSA) is 30.0 Å². The minimum Gasteiger partial charge on any atom is -0.294 e. The van der Waals surface area contributed by atoms with E-state index < -0.39 is 0 Å². The molecule has 2 aromatic rings. The first-order valence-corrected chi connectivity index (χ1v) is 6.53. The second-order valence-corrected chi connectivity index (χ2v) is 5.48. The van der Waals surface area contributed by atoms with Crippen LogP contribution in [-0.2, 0) is 6.42 Å². The first kappa shape index (κ1) is 12.6. The first-order valence-electron chi connectivity index (χ1n) is 4.96. The second-order valence-electron chi connectivity index (χ2n) is 3.55. The van der Waals surface area contributed by atoms with E-state index in [-0.39, 0.29) is 5.78 Å². The van der Waals surface area contributed by atoms with E-state index in [0.717, 1.165) is 10.6 Å². The lowest BCUT2D eigenvalue weighted by atomic mass is 10.1. The number of rotatable bonds is 3. The number of Topliss-reactive ketones (excluding diaryl/α,β-unsaturated/α-hetero) is 1. The Bertz CT molecular complexity index is 545. The molecule has 1 aromatic carbocycles. The average molecular weight is 286 g/mol.